The maximum Gasteiger partial charge on any atom is 0.278 e. The first-order valence-electron chi connectivity index (χ1n) is 7.77. The summed E-state index contributed by atoms with van der Waals surface area (Å²) in [7, 11) is 0. The molecule has 0 aliphatic rings. The first-order valence-corrected chi connectivity index (χ1v) is 8.57. The summed E-state index contributed by atoms with van der Waals surface area (Å²) in [5, 5.41) is 17.4. The summed E-state index contributed by atoms with van der Waals surface area (Å²) < 4.78 is 0.969. The molecular formula is C18H15BrN4O3. The number of benzene rings is 2. The fourth-order valence-electron chi connectivity index (χ4n) is 2.56. The van der Waals surface area contributed by atoms with Crippen LogP contribution in [0.4, 0.5) is 17.1 Å². The molecule has 0 spiro atoms. The molecule has 1 aromatic heterocycles. The lowest BCUT2D eigenvalue weighted by atomic mass is 10.1. The van der Waals surface area contributed by atoms with Crippen molar-refractivity contribution in [3.63, 3.8) is 0 Å². The number of nitrogens with one attached hydrogen (secondary N) is 2. The second-order valence-corrected chi connectivity index (χ2v) is 6.51. The van der Waals surface area contributed by atoms with E-state index in [4.69, 9.17) is 0 Å². The maximum absolute atomic E-state index is 12.2. The van der Waals surface area contributed by atoms with Crippen LogP contribution in [0, 0.1) is 17.0 Å². The second-order valence-electron chi connectivity index (χ2n) is 5.65. The molecule has 0 bridgehead atoms. The quantitative estimate of drug-likeness (QED) is 0.479. The minimum Gasteiger partial charge on any atom is -0.374 e. The van der Waals surface area contributed by atoms with E-state index in [1.54, 1.807) is 30.5 Å². The van der Waals surface area contributed by atoms with Gasteiger partial charge in [0.2, 0.25) is 5.91 Å². The van der Waals surface area contributed by atoms with E-state index in [1.165, 1.54) is 6.07 Å². The highest BCUT2D eigenvalue weighted by Crippen LogP contribution is 2.29. The zero-order chi connectivity index (χ0) is 18.7. The summed E-state index contributed by atoms with van der Waals surface area (Å²) in [6.07, 6.45) is 1.56. The molecule has 0 saturated carbocycles. The molecule has 8 heteroatoms. The van der Waals surface area contributed by atoms with Crippen molar-refractivity contribution in [1.82, 2.24) is 4.98 Å². The Kier molecular flexibility index (Phi) is 5.13. The molecule has 2 N–H and O–H groups in total. The van der Waals surface area contributed by atoms with Crippen LogP contribution in [-0.2, 0) is 4.79 Å². The Hall–Kier alpha value is -3.00. The Morgan fingerprint density at radius 1 is 1.27 bits per heavy atom. The number of nitrogens with zero attached hydrogens (tertiary/aromatic N) is 2. The van der Waals surface area contributed by atoms with E-state index in [9.17, 15) is 14.9 Å². The van der Waals surface area contributed by atoms with Gasteiger partial charge in [-0.15, -0.1) is 0 Å². The number of carbonyl (C=O) groups is 1. The third kappa shape index (κ3) is 3.80. The van der Waals surface area contributed by atoms with E-state index in [2.05, 4.69) is 31.5 Å². The summed E-state index contributed by atoms with van der Waals surface area (Å²) in [6, 6.07) is 11.8. The number of non-ortho nitro benzene ring substituents is 1. The normalized spacial score (nSPS) is 10.5. The number of rotatable bonds is 5. The van der Waals surface area contributed by atoms with Crippen LogP contribution in [0.2, 0.25) is 0 Å². The Morgan fingerprint density at radius 3 is 2.81 bits per heavy atom. The zero-order valence-corrected chi connectivity index (χ0v) is 15.4. The summed E-state index contributed by atoms with van der Waals surface area (Å²) >= 11 is 3.42. The summed E-state index contributed by atoms with van der Waals surface area (Å²) in [5.74, 6) is -0.228. The van der Waals surface area contributed by atoms with Gasteiger partial charge in [0, 0.05) is 22.4 Å². The van der Waals surface area contributed by atoms with Gasteiger partial charge in [0.1, 0.15) is 5.52 Å². The molecule has 0 aliphatic carbocycles. The smallest absolute Gasteiger partial charge is 0.278 e. The van der Waals surface area contributed by atoms with Gasteiger partial charge in [-0.3, -0.25) is 19.9 Å². The molecule has 2 aromatic carbocycles. The topological polar surface area (TPSA) is 97.2 Å². The van der Waals surface area contributed by atoms with Crippen molar-refractivity contribution in [2.24, 2.45) is 0 Å². The van der Waals surface area contributed by atoms with Gasteiger partial charge in [-0.25, -0.2) is 0 Å². The van der Waals surface area contributed by atoms with Crippen LogP contribution in [0.5, 0.6) is 0 Å². The molecule has 0 radical (unpaired) electrons. The average Bonchev–Trinajstić information content (AvgIpc) is 2.62. The molecule has 7 nitrogen and oxygen atoms in total. The number of aromatic nitrogens is 1. The lowest BCUT2D eigenvalue weighted by Gasteiger charge is -2.10. The van der Waals surface area contributed by atoms with Crippen LogP contribution in [0.1, 0.15) is 5.56 Å². The zero-order valence-electron chi connectivity index (χ0n) is 13.8. The number of hydrogen-bond acceptors (Lipinski definition) is 5. The van der Waals surface area contributed by atoms with Crippen LogP contribution >= 0.6 is 15.9 Å². The van der Waals surface area contributed by atoms with Crippen molar-refractivity contribution >= 4 is 49.8 Å². The average molecular weight is 415 g/mol. The van der Waals surface area contributed by atoms with Gasteiger partial charge in [0.15, 0.2) is 0 Å². The molecule has 26 heavy (non-hydrogen) atoms. The molecule has 132 valence electrons. The van der Waals surface area contributed by atoms with E-state index in [-0.39, 0.29) is 18.1 Å². The van der Waals surface area contributed by atoms with Crippen molar-refractivity contribution in [1.29, 1.82) is 0 Å². The van der Waals surface area contributed by atoms with Crippen molar-refractivity contribution < 1.29 is 9.72 Å². The SMILES string of the molecule is Cc1cc(NC(=O)CNc2ccc([N+](=O)[O-])c3cccnc23)ccc1Br. The number of halogens is 1. The molecule has 0 aliphatic heterocycles. The molecule has 0 unspecified atom stereocenters. The van der Waals surface area contributed by atoms with Crippen LogP contribution in [0.25, 0.3) is 10.9 Å². The summed E-state index contributed by atoms with van der Waals surface area (Å²) in [4.78, 5) is 27.1. The Labute approximate surface area is 157 Å². The molecule has 3 rings (SSSR count). The van der Waals surface area contributed by atoms with Crippen LogP contribution in [0.3, 0.4) is 0 Å². The Balaban J connectivity index is 1.75. The van der Waals surface area contributed by atoms with Crippen molar-refractivity contribution in [2.45, 2.75) is 6.92 Å². The number of nitro benzene ring substituents is 1. The number of amides is 1. The van der Waals surface area contributed by atoms with Crippen molar-refractivity contribution in [2.75, 3.05) is 17.2 Å². The first kappa shape index (κ1) is 17.8. The number of pyridine rings is 1. The van der Waals surface area contributed by atoms with E-state index < -0.39 is 4.92 Å². The van der Waals surface area contributed by atoms with Gasteiger partial charge in [-0.2, -0.15) is 0 Å². The summed E-state index contributed by atoms with van der Waals surface area (Å²) in [6.45, 7) is 1.95. The van der Waals surface area contributed by atoms with E-state index in [0.29, 0.717) is 22.3 Å². The van der Waals surface area contributed by atoms with Gasteiger partial charge < -0.3 is 10.6 Å². The predicted molar refractivity (Wildman–Crippen MR) is 104 cm³/mol. The third-order valence-electron chi connectivity index (χ3n) is 3.82. The number of aryl methyl sites for hydroxylation is 1. The van der Waals surface area contributed by atoms with Gasteiger partial charge in [0.05, 0.1) is 22.5 Å². The molecule has 0 atom stereocenters. The molecule has 1 amide bonds. The number of anilines is 2. The first-order chi connectivity index (χ1) is 12.5. The number of fused-ring (bicyclic) bond motifs is 1. The lowest BCUT2D eigenvalue weighted by molar-refractivity contribution is -0.383. The number of hydrogen-bond donors (Lipinski definition) is 2. The fraction of sp³-hybridized carbons (Fsp3) is 0.111. The maximum atomic E-state index is 12.2. The molecular weight excluding hydrogens is 400 g/mol. The van der Waals surface area contributed by atoms with E-state index in [0.717, 1.165) is 10.0 Å². The highest BCUT2D eigenvalue weighted by molar-refractivity contribution is 9.10. The molecule has 0 fully saturated rings. The predicted octanol–water partition coefficient (Wildman–Crippen LogP) is 4.26. The van der Waals surface area contributed by atoms with Gasteiger partial charge in [-0.05, 0) is 48.9 Å². The van der Waals surface area contributed by atoms with Gasteiger partial charge in [-0.1, -0.05) is 15.9 Å². The van der Waals surface area contributed by atoms with Crippen molar-refractivity contribution in [3.05, 3.63) is 68.8 Å². The van der Waals surface area contributed by atoms with Crippen molar-refractivity contribution in [3.8, 4) is 0 Å². The summed E-state index contributed by atoms with van der Waals surface area (Å²) in [5.41, 5.74) is 2.71. The van der Waals surface area contributed by atoms with E-state index in [1.807, 2.05) is 19.1 Å². The van der Waals surface area contributed by atoms with Crippen LogP contribution in [-0.4, -0.2) is 22.4 Å². The minimum atomic E-state index is -0.448. The van der Waals surface area contributed by atoms with Crippen LogP contribution in [0.15, 0.2) is 53.1 Å². The number of carbonyl (C=O) groups excluding carboxylic acids is 1. The Bertz CT molecular complexity index is 1010. The lowest BCUT2D eigenvalue weighted by Crippen LogP contribution is -2.22. The minimum absolute atomic E-state index is 0.0125. The van der Waals surface area contributed by atoms with E-state index >= 15 is 0 Å². The second kappa shape index (κ2) is 7.49. The fourth-order valence-corrected chi connectivity index (χ4v) is 2.81. The molecule has 0 saturated heterocycles. The third-order valence-corrected chi connectivity index (χ3v) is 4.71. The molecule has 3 aromatic rings. The highest BCUT2D eigenvalue weighted by Gasteiger charge is 2.15. The van der Waals surface area contributed by atoms with Crippen LogP contribution < -0.4 is 10.6 Å². The van der Waals surface area contributed by atoms with Gasteiger partial charge in [0.25, 0.3) is 5.69 Å². The molecule has 1 heterocycles. The largest absolute Gasteiger partial charge is 0.374 e. The van der Waals surface area contributed by atoms with Gasteiger partial charge >= 0.3 is 0 Å². The highest BCUT2D eigenvalue weighted by atomic mass is 79.9. The Morgan fingerprint density at radius 2 is 2.08 bits per heavy atom. The monoisotopic (exact) mass is 414 g/mol. The number of nitro groups is 1. The standard InChI is InChI=1S/C18H15BrN4O3/c1-11-9-12(4-5-14(11)19)22-17(24)10-21-15-6-7-16(23(25)26)13-3-2-8-20-18(13)15/h2-9,21H,10H2,1H3,(H,22,24).